The molecule has 21 heavy (non-hydrogen) atoms. The van der Waals surface area contributed by atoms with Crippen molar-refractivity contribution in [3.63, 3.8) is 0 Å². The summed E-state index contributed by atoms with van der Waals surface area (Å²) in [6.45, 7) is 0.614. The zero-order valence-electron chi connectivity index (χ0n) is 11.8. The van der Waals surface area contributed by atoms with Crippen molar-refractivity contribution in [3.05, 3.63) is 53.6 Å². The molecule has 0 aromatic heterocycles. The zero-order chi connectivity index (χ0) is 15.2. The van der Waals surface area contributed by atoms with Gasteiger partial charge >= 0.3 is 5.97 Å². The Morgan fingerprint density at radius 3 is 2.62 bits per heavy atom. The molecule has 0 bridgehead atoms. The fraction of sp³-hybridized carbons (Fsp3) is 0.188. The molecule has 4 N–H and O–H groups in total. The van der Waals surface area contributed by atoms with Crippen molar-refractivity contribution in [2.45, 2.75) is 6.42 Å². The summed E-state index contributed by atoms with van der Waals surface area (Å²) in [5.74, 6) is -1.04. The summed E-state index contributed by atoms with van der Waals surface area (Å²) in [4.78, 5) is 11.1. The predicted octanol–water partition coefficient (Wildman–Crippen LogP) is 2.90. The summed E-state index contributed by atoms with van der Waals surface area (Å²) in [5, 5.41) is 12.3. The molecule has 2 rings (SSSR count). The van der Waals surface area contributed by atoms with Crippen LogP contribution >= 0.6 is 0 Å². The van der Waals surface area contributed by atoms with Crippen molar-refractivity contribution in [2.24, 2.45) is 0 Å². The Bertz CT molecular complexity index is 641. The molecule has 0 atom stereocenters. The molecule has 0 aliphatic rings. The Hall–Kier alpha value is -2.53. The summed E-state index contributed by atoms with van der Waals surface area (Å²) in [6.07, 6.45) is 0.762. The number of anilines is 3. The van der Waals surface area contributed by atoms with Crippen LogP contribution in [0.5, 0.6) is 0 Å². The maximum Gasteiger partial charge on any atom is 0.337 e. The molecule has 5 heteroatoms. The Morgan fingerprint density at radius 2 is 1.90 bits per heavy atom. The van der Waals surface area contributed by atoms with E-state index in [-0.39, 0.29) is 11.3 Å². The Kier molecular flexibility index (Phi) is 4.79. The number of rotatable bonds is 6. The van der Waals surface area contributed by atoms with Crippen molar-refractivity contribution < 1.29 is 14.6 Å². The number of nitrogen functional groups attached to an aromatic ring is 1. The number of carboxylic acid groups (broad SMARTS) is 1. The number of methoxy groups -OCH3 is 1. The number of nitrogens with one attached hydrogen (secondary N) is 1. The number of hydrogen-bond acceptors (Lipinski definition) is 4. The Morgan fingerprint density at radius 1 is 1.19 bits per heavy atom. The van der Waals surface area contributed by atoms with Crippen molar-refractivity contribution in [1.82, 2.24) is 0 Å². The van der Waals surface area contributed by atoms with Crippen LogP contribution in [0.2, 0.25) is 0 Å². The number of carboxylic acids is 1. The number of ether oxygens (including phenoxy) is 1. The van der Waals surface area contributed by atoms with Crippen LogP contribution in [-0.2, 0) is 11.2 Å². The Labute approximate surface area is 123 Å². The lowest BCUT2D eigenvalue weighted by Gasteiger charge is -2.14. The monoisotopic (exact) mass is 286 g/mol. The average Bonchev–Trinajstić information content (AvgIpc) is 2.48. The quantitative estimate of drug-likeness (QED) is 0.711. The number of para-hydroxylation sites is 2. The first-order valence-electron chi connectivity index (χ1n) is 6.59. The van der Waals surface area contributed by atoms with Crippen molar-refractivity contribution in [2.75, 3.05) is 24.8 Å². The van der Waals surface area contributed by atoms with Crippen LogP contribution in [0.25, 0.3) is 0 Å². The van der Waals surface area contributed by atoms with E-state index in [1.54, 1.807) is 19.2 Å². The topological polar surface area (TPSA) is 84.6 Å². The predicted molar refractivity (Wildman–Crippen MR) is 83.1 cm³/mol. The van der Waals surface area contributed by atoms with Crippen LogP contribution in [0.15, 0.2) is 42.5 Å². The molecule has 110 valence electrons. The zero-order valence-corrected chi connectivity index (χ0v) is 11.8. The highest BCUT2D eigenvalue weighted by Crippen LogP contribution is 2.28. The van der Waals surface area contributed by atoms with Gasteiger partial charge in [0.05, 0.1) is 23.5 Å². The maximum atomic E-state index is 11.1. The third-order valence-corrected chi connectivity index (χ3v) is 3.20. The van der Waals surface area contributed by atoms with Gasteiger partial charge in [-0.2, -0.15) is 0 Å². The molecular formula is C16H18N2O3. The molecule has 5 nitrogen and oxygen atoms in total. The normalized spacial score (nSPS) is 10.3. The van der Waals surface area contributed by atoms with Gasteiger partial charge in [-0.15, -0.1) is 0 Å². The number of hydrogen-bond donors (Lipinski definition) is 3. The molecule has 2 aromatic carbocycles. The van der Waals surface area contributed by atoms with Crippen LogP contribution in [0.4, 0.5) is 17.1 Å². The van der Waals surface area contributed by atoms with Gasteiger partial charge in [0.15, 0.2) is 0 Å². The van der Waals surface area contributed by atoms with E-state index in [0.717, 1.165) is 17.7 Å². The molecule has 0 saturated heterocycles. The standard InChI is InChI=1S/C16H18N2O3/c1-21-10-9-11-5-2-3-7-13(11)18-14-8-4-6-12(15(14)17)16(19)20/h2-8,18H,9-10,17H2,1H3,(H,19,20). The van der Waals surface area contributed by atoms with Gasteiger partial charge in [0.2, 0.25) is 0 Å². The second kappa shape index (κ2) is 6.76. The lowest BCUT2D eigenvalue weighted by Crippen LogP contribution is -2.06. The molecule has 0 saturated carbocycles. The molecule has 0 fully saturated rings. The van der Waals surface area contributed by atoms with E-state index >= 15 is 0 Å². The van der Waals surface area contributed by atoms with E-state index < -0.39 is 5.97 Å². The first kappa shape index (κ1) is 14.9. The molecule has 2 aromatic rings. The maximum absolute atomic E-state index is 11.1. The summed E-state index contributed by atoms with van der Waals surface area (Å²) >= 11 is 0. The van der Waals surface area contributed by atoms with Crippen molar-refractivity contribution in [3.8, 4) is 0 Å². The van der Waals surface area contributed by atoms with Crippen molar-refractivity contribution >= 4 is 23.0 Å². The Balaban J connectivity index is 2.30. The largest absolute Gasteiger partial charge is 0.478 e. The highest BCUT2D eigenvalue weighted by Gasteiger charge is 2.12. The van der Waals surface area contributed by atoms with Gasteiger partial charge in [0.25, 0.3) is 0 Å². The van der Waals surface area contributed by atoms with Gasteiger partial charge < -0.3 is 20.9 Å². The van der Waals surface area contributed by atoms with Gasteiger partial charge in [0.1, 0.15) is 0 Å². The lowest BCUT2D eigenvalue weighted by molar-refractivity contribution is 0.0698. The number of benzene rings is 2. The molecule has 0 unspecified atom stereocenters. The highest BCUT2D eigenvalue weighted by atomic mass is 16.5. The van der Waals surface area contributed by atoms with E-state index in [2.05, 4.69) is 5.32 Å². The molecule has 0 aliphatic carbocycles. The minimum Gasteiger partial charge on any atom is -0.478 e. The van der Waals surface area contributed by atoms with Gasteiger partial charge in [-0.25, -0.2) is 4.79 Å². The average molecular weight is 286 g/mol. The van der Waals surface area contributed by atoms with Gasteiger partial charge in [0, 0.05) is 12.8 Å². The minimum absolute atomic E-state index is 0.0920. The van der Waals surface area contributed by atoms with E-state index in [1.165, 1.54) is 6.07 Å². The minimum atomic E-state index is -1.04. The summed E-state index contributed by atoms with van der Waals surface area (Å²) in [6, 6.07) is 12.7. The number of nitrogens with two attached hydrogens (primary N) is 1. The molecule has 0 heterocycles. The summed E-state index contributed by atoms with van der Waals surface area (Å²) in [7, 11) is 1.66. The highest BCUT2D eigenvalue weighted by molar-refractivity contribution is 5.97. The molecule has 0 radical (unpaired) electrons. The fourth-order valence-corrected chi connectivity index (χ4v) is 2.08. The third-order valence-electron chi connectivity index (χ3n) is 3.20. The molecule has 0 aliphatic heterocycles. The van der Waals surface area contributed by atoms with Crippen LogP contribution in [0.1, 0.15) is 15.9 Å². The molecular weight excluding hydrogens is 268 g/mol. The van der Waals surface area contributed by atoms with E-state index in [1.807, 2.05) is 24.3 Å². The number of carbonyl (C=O) groups is 1. The van der Waals surface area contributed by atoms with Gasteiger partial charge in [-0.3, -0.25) is 0 Å². The fourth-order valence-electron chi connectivity index (χ4n) is 2.08. The number of aromatic carboxylic acids is 1. The molecule has 0 amide bonds. The molecule has 0 spiro atoms. The first-order chi connectivity index (χ1) is 10.1. The summed E-state index contributed by atoms with van der Waals surface area (Å²) in [5.41, 5.74) is 8.79. The van der Waals surface area contributed by atoms with Crippen LogP contribution in [-0.4, -0.2) is 24.8 Å². The van der Waals surface area contributed by atoms with E-state index in [0.29, 0.717) is 12.3 Å². The van der Waals surface area contributed by atoms with Gasteiger partial charge in [-0.1, -0.05) is 24.3 Å². The SMILES string of the molecule is COCCc1ccccc1Nc1cccc(C(=O)O)c1N. The summed E-state index contributed by atoms with van der Waals surface area (Å²) < 4.78 is 5.10. The first-order valence-corrected chi connectivity index (χ1v) is 6.59. The van der Waals surface area contributed by atoms with Crippen LogP contribution < -0.4 is 11.1 Å². The van der Waals surface area contributed by atoms with Crippen LogP contribution in [0, 0.1) is 0 Å². The second-order valence-corrected chi connectivity index (χ2v) is 4.60. The second-order valence-electron chi connectivity index (χ2n) is 4.60. The third kappa shape index (κ3) is 3.52. The van der Waals surface area contributed by atoms with Crippen molar-refractivity contribution in [1.29, 1.82) is 0 Å². The van der Waals surface area contributed by atoms with Gasteiger partial charge in [-0.05, 0) is 30.2 Å². The van der Waals surface area contributed by atoms with Crippen LogP contribution in [0.3, 0.4) is 0 Å². The lowest BCUT2D eigenvalue weighted by atomic mass is 10.1. The van der Waals surface area contributed by atoms with E-state index in [4.69, 9.17) is 15.6 Å². The smallest absolute Gasteiger partial charge is 0.337 e. The van der Waals surface area contributed by atoms with E-state index in [9.17, 15) is 4.79 Å².